The molecule has 1 aromatic carbocycles. The van der Waals surface area contributed by atoms with E-state index in [1.54, 1.807) is 18.3 Å². The third kappa shape index (κ3) is 3.88. The van der Waals surface area contributed by atoms with E-state index < -0.39 is 9.84 Å². The third-order valence-electron chi connectivity index (χ3n) is 4.87. The van der Waals surface area contributed by atoms with Crippen molar-refractivity contribution in [3.8, 4) is 22.8 Å². The van der Waals surface area contributed by atoms with Gasteiger partial charge >= 0.3 is 0 Å². The first-order valence-electron chi connectivity index (χ1n) is 8.90. The van der Waals surface area contributed by atoms with Gasteiger partial charge in [0.15, 0.2) is 0 Å². The third-order valence-corrected chi connectivity index (χ3v) is 6.79. The summed E-state index contributed by atoms with van der Waals surface area (Å²) in [7, 11) is -3.02. The average molecular weight is 419 g/mol. The molecule has 1 aliphatic heterocycles. The van der Waals surface area contributed by atoms with Gasteiger partial charge in [0, 0.05) is 36.1 Å². The molecule has 28 heavy (non-hydrogen) atoms. The maximum atomic E-state index is 11.8. The Morgan fingerprint density at radius 3 is 2.68 bits per heavy atom. The molecule has 7 nitrogen and oxygen atoms in total. The minimum atomic E-state index is -3.02. The number of hydrogen-bond acceptors (Lipinski definition) is 7. The zero-order valence-electron chi connectivity index (χ0n) is 15.2. The van der Waals surface area contributed by atoms with Crippen LogP contribution in [-0.2, 0) is 9.84 Å². The van der Waals surface area contributed by atoms with Crippen LogP contribution in [0.1, 0.15) is 12.8 Å². The van der Waals surface area contributed by atoms with Gasteiger partial charge in [0.2, 0.25) is 5.82 Å². The second-order valence-corrected chi connectivity index (χ2v) is 9.59. The summed E-state index contributed by atoms with van der Waals surface area (Å²) in [4.78, 5) is 11.1. The molecule has 2 aromatic heterocycles. The lowest BCUT2D eigenvalue weighted by Crippen LogP contribution is -2.39. The number of piperidine rings is 1. The summed E-state index contributed by atoms with van der Waals surface area (Å²) in [6, 6.07) is 10.9. The summed E-state index contributed by atoms with van der Waals surface area (Å²) in [6.07, 6.45) is 4.16. The Balaban J connectivity index is 1.61. The number of rotatable bonds is 4. The van der Waals surface area contributed by atoms with E-state index >= 15 is 0 Å². The highest BCUT2D eigenvalue weighted by Gasteiger charge is 2.29. The lowest BCUT2D eigenvalue weighted by Gasteiger charge is -2.32. The monoisotopic (exact) mass is 418 g/mol. The molecule has 0 amide bonds. The van der Waals surface area contributed by atoms with Gasteiger partial charge in [-0.3, -0.25) is 0 Å². The van der Waals surface area contributed by atoms with Crippen molar-refractivity contribution in [3.05, 3.63) is 47.6 Å². The summed E-state index contributed by atoms with van der Waals surface area (Å²) in [5.41, 5.74) is 1.49. The van der Waals surface area contributed by atoms with E-state index in [2.05, 4.69) is 20.0 Å². The Hall–Kier alpha value is -2.45. The highest BCUT2D eigenvalue weighted by atomic mass is 35.5. The van der Waals surface area contributed by atoms with E-state index in [4.69, 9.17) is 16.1 Å². The molecule has 146 valence electrons. The fraction of sp³-hybridized carbons (Fsp3) is 0.316. The quantitative estimate of drug-likeness (QED) is 0.640. The molecular weight excluding hydrogens is 400 g/mol. The van der Waals surface area contributed by atoms with Crippen LogP contribution in [0.25, 0.3) is 22.8 Å². The van der Waals surface area contributed by atoms with Gasteiger partial charge in [0.25, 0.3) is 5.89 Å². The van der Waals surface area contributed by atoms with Crippen molar-refractivity contribution in [1.82, 2.24) is 15.1 Å². The molecule has 1 saturated heterocycles. The van der Waals surface area contributed by atoms with Crippen molar-refractivity contribution in [2.45, 2.75) is 18.1 Å². The molecule has 4 rings (SSSR count). The normalized spacial score (nSPS) is 15.7. The number of anilines is 1. The highest BCUT2D eigenvalue weighted by molar-refractivity contribution is 7.91. The Labute approximate surface area is 168 Å². The van der Waals surface area contributed by atoms with Crippen LogP contribution in [0.15, 0.2) is 47.1 Å². The smallest absolute Gasteiger partial charge is 0.261 e. The first kappa shape index (κ1) is 18.9. The van der Waals surface area contributed by atoms with E-state index in [9.17, 15) is 8.42 Å². The van der Waals surface area contributed by atoms with Crippen LogP contribution in [0.4, 0.5) is 5.82 Å². The SMILES string of the molecule is CS(=O)(=O)C1CCN(c2ncccc2-c2nc(-c3cccc(Cl)c3)no2)CC1. The largest absolute Gasteiger partial charge is 0.356 e. The molecular formula is C19H19ClN4O3S. The number of benzene rings is 1. The number of sulfone groups is 1. The molecule has 0 aliphatic carbocycles. The van der Waals surface area contributed by atoms with Gasteiger partial charge in [-0.25, -0.2) is 13.4 Å². The average Bonchev–Trinajstić information content (AvgIpc) is 3.18. The Morgan fingerprint density at radius 1 is 1.18 bits per heavy atom. The van der Waals surface area contributed by atoms with Crippen LogP contribution in [0, 0.1) is 0 Å². The molecule has 0 unspecified atom stereocenters. The molecule has 0 radical (unpaired) electrons. The molecule has 0 saturated carbocycles. The van der Waals surface area contributed by atoms with Crippen LogP contribution in [0.3, 0.4) is 0 Å². The fourth-order valence-electron chi connectivity index (χ4n) is 3.39. The first-order chi connectivity index (χ1) is 13.4. The Kier molecular flexibility index (Phi) is 5.07. The van der Waals surface area contributed by atoms with Gasteiger partial charge in [-0.2, -0.15) is 4.98 Å². The van der Waals surface area contributed by atoms with E-state index in [-0.39, 0.29) is 5.25 Å². The zero-order chi connectivity index (χ0) is 19.7. The maximum Gasteiger partial charge on any atom is 0.261 e. The van der Waals surface area contributed by atoms with Gasteiger partial charge in [-0.1, -0.05) is 28.9 Å². The van der Waals surface area contributed by atoms with Crippen molar-refractivity contribution in [1.29, 1.82) is 0 Å². The molecule has 1 aliphatic rings. The van der Waals surface area contributed by atoms with Crippen LogP contribution in [0.5, 0.6) is 0 Å². The molecule has 0 atom stereocenters. The Bertz CT molecular complexity index is 1090. The second kappa shape index (κ2) is 7.52. The summed E-state index contributed by atoms with van der Waals surface area (Å²) >= 11 is 6.04. The number of halogens is 1. The summed E-state index contributed by atoms with van der Waals surface area (Å²) < 4.78 is 29.1. The van der Waals surface area contributed by atoms with Gasteiger partial charge in [0.05, 0.1) is 10.8 Å². The lowest BCUT2D eigenvalue weighted by molar-refractivity contribution is 0.432. The molecule has 1 fully saturated rings. The summed E-state index contributed by atoms with van der Waals surface area (Å²) in [5.74, 6) is 1.53. The number of nitrogens with zero attached hydrogens (tertiary/aromatic N) is 4. The highest BCUT2D eigenvalue weighted by Crippen LogP contribution is 2.32. The molecule has 0 N–H and O–H groups in total. The minimum Gasteiger partial charge on any atom is -0.356 e. The number of aromatic nitrogens is 3. The second-order valence-electron chi connectivity index (χ2n) is 6.82. The molecule has 0 bridgehead atoms. The van der Waals surface area contributed by atoms with Gasteiger partial charge in [-0.15, -0.1) is 0 Å². The van der Waals surface area contributed by atoms with Crippen LogP contribution < -0.4 is 4.90 Å². The van der Waals surface area contributed by atoms with Gasteiger partial charge in [-0.05, 0) is 37.1 Å². The predicted octanol–water partition coefficient (Wildman–Crippen LogP) is 3.47. The lowest BCUT2D eigenvalue weighted by atomic mass is 10.1. The number of hydrogen-bond donors (Lipinski definition) is 0. The topological polar surface area (TPSA) is 89.2 Å². The van der Waals surface area contributed by atoms with Crippen molar-refractivity contribution >= 4 is 27.3 Å². The van der Waals surface area contributed by atoms with Crippen LogP contribution >= 0.6 is 11.6 Å². The summed E-state index contributed by atoms with van der Waals surface area (Å²) in [5, 5.41) is 4.36. The standard InChI is InChI=1S/C19H19ClN4O3S/c1-28(25,26)15-7-10-24(11-8-15)18-16(6-3-9-21-18)19-22-17(23-27-19)13-4-2-5-14(20)12-13/h2-6,9,12,15H,7-8,10-11H2,1H3. The van der Waals surface area contributed by atoms with E-state index in [1.807, 2.05) is 24.3 Å². The maximum absolute atomic E-state index is 11.8. The first-order valence-corrected chi connectivity index (χ1v) is 11.2. The summed E-state index contributed by atoms with van der Waals surface area (Å²) in [6.45, 7) is 1.22. The Morgan fingerprint density at radius 2 is 1.96 bits per heavy atom. The van der Waals surface area contributed by atoms with Gasteiger partial charge < -0.3 is 9.42 Å². The van der Waals surface area contributed by atoms with E-state index in [1.165, 1.54) is 6.26 Å². The van der Waals surface area contributed by atoms with Crippen LogP contribution in [0.2, 0.25) is 5.02 Å². The van der Waals surface area contributed by atoms with Gasteiger partial charge in [0.1, 0.15) is 15.7 Å². The molecule has 3 aromatic rings. The number of pyridine rings is 1. The van der Waals surface area contributed by atoms with E-state index in [0.29, 0.717) is 42.7 Å². The van der Waals surface area contributed by atoms with Crippen molar-refractivity contribution in [3.63, 3.8) is 0 Å². The fourth-order valence-corrected chi connectivity index (χ4v) is 4.65. The zero-order valence-corrected chi connectivity index (χ0v) is 16.8. The minimum absolute atomic E-state index is 0.297. The van der Waals surface area contributed by atoms with Crippen molar-refractivity contribution in [2.75, 3.05) is 24.2 Å². The predicted molar refractivity (Wildman–Crippen MR) is 108 cm³/mol. The molecule has 3 heterocycles. The van der Waals surface area contributed by atoms with Crippen LogP contribution in [-0.4, -0.2) is 48.1 Å². The van der Waals surface area contributed by atoms with E-state index in [0.717, 1.165) is 16.9 Å². The molecule has 9 heteroatoms. The van der Waals surface area contributed by atoms with Crippen molar-refractivity contribution in [2.24, 2.45) is 0 Å². The molecule has 0 spiro atoms. The van der Waals surface area contributed by atoms with Crippen molar-refractivity contribution < 1.29 is 12.9 Å².